The minimum absolute atomic E-state index is 0.0143. The van der Waals surface area contributed by atoms with Crippen LogP contribution >= 0.6 is 22.6 Å². The van der Waals surface area contributed by atoms with Crippen molar-refractivity contribution in [1.29, 1.82) is 0 Å². The first-order chi connectivity index (χ1) is 5.75. The highest BCUT2D eigenvalue weighted by molar-refractivity contribution is 14.1. The highest BCUT2D eigenvalue weighted by atomic mass is 127. The number of nitrogens with one attached hydrogen (secondary N) is 2. The predicted octanol–water partition coefficient (Wildman–Crippen LogP) is 1.51. The summed E-state index contributed by atoms with van der Waals surface area (Å²) in [6.07, 6.45) is 4.08. The van der Waals surface area contributed by atoms with Gasteiger partial charge >= 0.3 is 0 Å². The molecule has 1 fully saturated rings. The molecular formula is C8H9IN2O. The number of H-pyrrole nitrogens is 1. The summed E-state index contributed by atoms with van der Waals surface area (Å²) in [5, 5.41) is 2.91. The standard InChI is InChI=1S/C8H9IN2O/c9-5-3-7(10-4-5)8(12)11-6-1-2-6/h3-4,6,10H,1-2H2,(H,11,12). The molecule has 1 saturated carbocycles. The molecule has 12 heavy (non-hydrogen) atoms. The molecule has 0 spiro atoms. The van der Waals surface area contributed by atoms with Crippen LogP contribution in [0.25, 0.3) is 0 Å². The molecule has 1 heterocycles. The maximum Gasteiger partial charge on any atom is 0.267 e. The summed E-state index contributed by atoms with van der Waals surface area (Å²) in [6, 6.07) is 2.27. The zero-order valence-electron chi connectivity index (χ0n) is 6.43. The van der Waals surface area contributed by atoms with Crippen LogP contribution < -0.4 is 5.32 Å². The molecule has 0 aromatic carbocycles. The fraction of sp³-hybridized carbons (Fsp3) is 0.375. The van der Waals surface area contributed by atoms with Crippen LogP contribution in [0, 0.1) is 3.57 Å². The minimum Gasteiger partial charge on any atom is -0.356 e. The first-order valence-electron chi connectivity index (χ1n) is 3.90. The summed E-state index contributed by atoms with van der Waals surface area (Å²) in [5.41, 5.74) is 0.659. The molecule has 1 aromatic heterocycles. The van der Waals surface area contributed by atoms with Crippen molar-refractivity contribution in [1.82, 2.24) is 10.3 Å². The van der Waals surface area contributed by atoms with Crippen molar-refractivity contribution in [2.45, 2.75) is 18.9 Å². The third-order valence-corrected chi connectivity index (χ3v) is 2.43. The predicted molar refractivity (Wildman–Crippen MR) is 54.0 cm³/mol. The molecular weight excluding hydrogens is 267 g/mol. The van der Waals surface area contributed by atoms with Crippen molar-refractivity contribution in [3.8, 4) is 0 Å². The van der Waals surface area contributed by atoms with E-state index in [1.165, 1.54) is 0 Å². The van der Waals surface area contributed by atoms with Crippen LogP contribution in [0.5, 0.6) is 0 Å². The molecule has 0 unspecified atom stereocenters. The van der Waals surface area contributed by atoms with Gasteiger partial charge in [-0.15, -0.1) is 0 Å². The molecule has 1 aliphatic rings. The van der Waals surface area contributed by atoms with Gasteiger partial charge in [-0.1, -0.05) is 0 Å². The number of hydrogen-bond acceptors (Lipinski definition) is 1. The molecule has 1 aliphatic carbocycles. The Morgan fingerprint density at radius 3 is 2.92 bits per heavy atom. The number of amides is 1. The quantitative estimate of drug-likeness (QED) is 0.790. The molecule has 0 bridgehead atoms. The Bertz CT molecular complexity index is 304. The lowest BCUT2D eigenvalue weighted by atomic mass is 10.4. The first-order valence-corrected chi connectivity index (χ1v) is 4.98. The van der Waals surface area contributed by atoms with E-state index in [1.54, 1.807) is 0 Å². The molecule has 0 radical (unpaired) electrons. The molecule has 0 atom stereocenters. The zero-order chi connectivity index (χ0) is 8.55. The van der Waals surface area contributed by atoms with Gasteiger partial charge in [-0.25, -0.2) is 0 Å². The van der Waals surface area contributed by atoms with Crippen LogP contribution in [0.4, 0.5) is 0 Å². The summed E-state index contributed by atoms with van der Waals surface area (Å²) in [6.45, 7) is 0. The summed E-state index contributed by atoms with van der Waals surface area (Å²) in [4.78, 5) is 14.3. The van der Waals surface area contributed by atoms with Crippen molar-refractivity contribution >= 4 is 28.5 Å². The maximum atomic E-state index is 11.4. The molecule has 64 valence electrons. The van der Waals surface area contributed by atoms with E-state index >= 15 is 0 Å². The SMILES string of the molecule is O=C(NC1CC1)c1cc(I)c[nH]1. The fourth-order valence-corrected chi connectivity index (χ4v) is 1.46. The largest absolute Gasteiger partial charge is 0.356 e. The zero-order valence-corrected chi connectivity index (χ0v) is 8.59. The van der Waals surface area contributed by atoms with Crippen LogP contribution in [0.1, 0.15) is 23.3 Å². The maximum absolute atomic E-state index is 11.4. The van der Waals surface area contributed by atoms with E-state index in [-0.39, 0.29) is 5.91 Å². The Labute approximate surface area is 84.1 Å². The molecule has 0 aliphatic heterocycles. The van der Waals surface area contributed by atoms with Gasteiger partial charge in [0.05, 0.1) is 0 Å². The first kappa shape index (κ1) is 8.10. The Morgan fingerprint density at radius 1 is 1.67 bits per heavy atom. The normalized spacial score (nSPS) is 16.1. The average Bonchev–Trinajstić information content (AvgIpc) is 2.72. The van der Waals surface area contributed by atoms with Crippen LogP contribution in [0.15, 0.2) is 12.3 Å². The Balaban J connectivity index is 2.03. The van der Waals surface area contributed by atoms with Gasteiger partial charge in [0.15, 0.2) is 0 Å². The van der Waals surface area contributed by atoms with Gasteiger partial charge in [0, 0.05) is 15.8 Å². The van der Waals surface area contributed by atoms with E-state index in [0.29, 0.717) is 11.7 Å². The van der Waals surface area contributed by atoms with Gasteiger partial charge in [-0.2, -0.15) is 0 Å². The highest BCUT2D eigenvalue weighted by Gasteiger charge is 2.24. The van der Waals surface area contributed by atoms with Gasteiger partial charge in [-0.05, 0) is 41.5 Å². The summed E-state index contributed by atoms with van der Waals surface area (Å²) in [5.74, 6) is 0.0143. The summed E-state index contributed by atoms with van der Waals surface area (Å²) in [7, 11) is 0. The van der Waals surface area contributed by atoms with E-state index in [0.717, 1.165) is 16.4 Å². The lowest BCUT2D eigenvalue weighted by Gasteiger charge is -1.98. The molecule has 2 N–H and O–H groups in total. The average molecular weight is 276 g/mol. The van der Waals surface area contributed by atoms with E-state index in [2.05, 4.69) is 32.9 Å². The molecule has 3 nitrogen and oxygen atoms in total. The lowest BCUT2D eigenvalue weighted by molar-refractivity contribution is 0.0946. The Morgan fingerprint density at radius 2 is 2.42 bits per heavy atom. The highest BCUT2D eigenvalue weighted by Crippen LogP contribution is 2.19. The van der Waals surface area contributed by atoms with Gasteiger partial charge in [0.2, 0.25) is 0 Å². The Kier molecular flexibility index (Phi) is 2.08. The third kappa shape index (κ3) is 1.80. The Hall–Kier alpha value is -0.520. The van der Waals surface area contributed by atoms with Crippen molar-refractivity contribution in [2.75, 3.05) is 0 Å². The van der Waals surface area contributed by atoms with Crippen LogP contribution in [-0.2, 0) is 0 Å². The van der Waals surface area contributed by atoms with Crippen molar-refractivity contribution in [2.24, 2.45) is 0 Å². The van der Waals surface area contributed by atoms with Crippen molar-refractivity contribution < 1.29 is 4.79 Å². The van der Waals surface area contributed by atoms with Gasteiger partial charge in [0.1, 0.15) is 5.69 Å². The van der Waals surface area contributed by atoms with Crippen LogP contribution in [0.2, 0.25) is 0 Å². The molecule has 2 rings (SSSR count). The van der Waals surface area contributed by atoms with E-state index in [1.807, 2.05) is 12.3 Å². The van der Waals surface area contributed by atoms with Gasteiger partial charge < -0.3 is 10.3 Å². The molecule has 1 aromatic rings. The lowest BCUT2D eigenvalue weighted by Crippen LogP contribution is -2.25. The monoisotopic (exact) mass is 276 g/mol. The number of aromatic amines is 1. The van der Waals surface area contributed by atoms with Gasteiger partial charge in [-0.3, -0.25) is 4.79 Å². The van der Waals surface area contributed by atoms with Gasteiger partial charge in [0.25, 0.3) is 5.91 Å². The second kappa shape index (κ2) is 3.08. The third-order valence-electron chi connectivity index (χ3n) is 1.80. The summed E-state index contributed by atoms with van der Waals surface area (Å²) < 4.78 is 1.06. The number of carbonyl (C=O) groups is 1. The molecule has 0 saturated heterocycles. The molecule has 4 heteroatoms. The number of carbonyl (C=O) groups excluding carboxylic acids is 1. The summed E-state index contributed by atoms with van der Waals surface area (Å²) >= 11 is 2.17. The van der Waals surface area contributed by atoms with E-state index in [4.69, 9.17) is 0 Å². The van der Waals surface area contributed by atoms with E-state index < -0.39 is 0 Å². The van der Waals surface area contributed by atoms with E-state index in [9.17, 15) is 4.79 Å². The van der Waals surface area contributed by atoms with Crippen molar-refractivity contribution in [3.63, 3.8) is 0 Å². The number of hydrogen-bond donors (Lipinski definition) is 2. The molecule has 1 amide bonds. The second-order valence-electron chi connectivity index (χ2n) is 2.98. The van der Waals surface area contributed by atoms with Crippen LogP contribution in [-0.4, -0.2) is 16.9 Å². The van der Waals surface area contributed by atoms with Crippen LogP contribution in [0.3, 0.4) is 0 Å². The number of halogens is 1. The fourth-order valence-electron chi connectivity index (χ4n) is 0.990. The number of aromatic nitrogens is 1. The smallest absolute Gasteiger partial charge is 0.267 e. The topological polar surface area (TPSA) is 44.9 Å². The second-order valence-corrected chi connectivity index (χ2v) is 4.22. The van der Waals surface area contributed by atoms with Crippen molar-refractivity contribution in [3.05, 3.63) is 21.5 Å². The number of rotatable bonds is 2. The minimum atomic E-state index is 0.0143.